The van der Waals surface area contributed by atoms with Crippen molar-refractivity contribution in [2.45, 2.75) is 6.92 Å². The van der Waals surface area contributed by atoms with Crippen LogP contribution >= 0.6 is 0 Å². The molecule has 1 aromatic rings. The van der Waals surface area contributed by atoms with Crippen molar-refractivity contribution in [3.8, 4) is 0 Å². The van der Waals surface area contributed by atoms with Crippen molar-refractivity contribution in [1.29, 1.82) is 0 Å². The first-order valence-corrected chi connectivity index (χ1v) is 2.58. The molecule has 0 amide bonds. The standard InChI is InChI=1S/C6H7NO2/c1-3-5-6(8)9-4(2)7-5/h3,7H,2H2,1H3. The maximum atomic E-state index is 10.6. The zero-order chi connectivity index (χ0) is 6.85. The molecule has 0 aliphatic carbocycles. The summed E-state index contributed by atoms with van der Waals surface area (Å²) in [7, 11) is 0. The molecule has 0 aliphatic heterocycles. The van der Waals surface area contributed by atoms with Crippen molar-refractivity contribution < 1.29 is 4.42 Å². The van der Waals surface area contributed by atoms with E-state index in [0.717, 1.165) is 0 Å². The highest BCUT2D eigenvalue weighted by Gasteiger charge is 1.88. The van der Waals surface area contributed by atoms with Crippen LogP contribution in [0.2, 0.25) is 0 Å². The fraction of sp³-hybridized carbons (Fsp3) is 0.167. The second kappa shape index (κ2) is 1.93. The predicted molar refractivity (Wildman–Crippen MR) is 34.2 cm³/mol. The Morgan fingerprint density at radius 2 is 2.44 bits per heavy atom. The van der Waals surface area contributed by atoms with E-state index < -0.39 is 0 Å². The molecule has 0 aromatic carbocycles. The third kappa shape index (κ3) is 0.937. The summed E-state index contributed by atoms with van der Waals surface area (Å²) >= 11 is 0. The highest BCUT2D eigenvalue weighted by Crippen LogP contribution is 1.50. The largest absolute Gasteiger partial charge is 0.406 e. The van der Waals surface area contributed by atoms with Gasteiger partial charge >= 0.3 is 5.63 Å². The number of hydrogen-bond donors (Lipinski definition) is 1. The van der Waals surface area contributed by atoms with Crippen LogP contribution < -0.4 is 16.5 Å². The molecule has 1 N–H and O–H groups in total. The van der Waals surface area contributed by atoms with Gasteiger partial charge in [0.05, 0.1) is 0 Å². The van der Waals surface area contributed by atoms with Gasteiger partial charge in [-0.25, -0.2) is 4.79 Å². The number of nitrogens with one attached hydrogen (secondary N) is 1. The molecule has 1 aromatic heterocycles. The summed E-state index contributed by atoms with van der Waals surface area (Å²) in [6.07, 6.45) is 1.64. The van der Waals surface area contributed by atoms with Gasteiger partial charge in [-0.3, -0.25) is 0 Å². The molecule has 9 heavy (non-hydrogen) atoms. The second-order valence-corrected chi connectivity index (χ2v) is 1.64. The van der Waals surface area contributed by atoms with E-state index in [9.17, 15) is 4.79 Å². The molecule has 1 rings (SSSR count). The first-order valence-electron chi connectivity index (χ1n) is 2.58. The number of hydrogen-bond acceptors (Lipinski definition) is 2. The molecular weight excluding hydrogens is 118 g/mol. The van der Waals surface area contributed by atoms with Crippen LogP contribution in [0, 0.1) is 0 Å². The van der Waals surface area contributed by atoms with Crippen LogP contribution in [0.1, 0.15) is 6.92 Å². The smallest absolute Gasteiger partial charge is 0.361 e. The molecule has 3 heteroatoms. The van der Waals surface area contributed by atoms with E-state index in [1.807, 2.05) is 0 Å². The molecule has 0 unspecified atom stereocenters. The van der Waals surface area contributed by atoms with Gasteiger partial charge < -0.3 is 9.40 Å². The minimum absolute atomic E-state index is 0.299. The van der Waals surface area contributed by atoms with Gasteiger partial charge in [0.2, 0.25) is 0 Å². The van der Waals surface area contributed by atoms with Crippen molar-refractivity contribution in [3.63, 3.8) is 0 Å². The van der Waals surface area contributed by atoms with Crippen LogP contribution in [0.3, 0.4) is 0 Å². The Kier molecular flexibility index (Phi) is 1.26. The molecule has 0 saturated carbocycles. The van der Waals surface area contributed by atoms with Crippen molar-refractivity contribution in [2.75, 3.05) is 0 Å². The summed E-state index contributed by atoms with van der Waals surface area (Å²) in [6, 6.07) is 0. The monoisotopic (exact) mass is 125 g/mol. The molecule has 3 nitrogen and oxygen atoms in total. The maximum Gasteiger partial charge on any atom is 0.361 e. The lowest BCUT2D eigenvalue weighted by Crippen LogP contribution is -2.19. The van der Waals surface area contributed by atoms with E-state index in [-0.39, 0.29) is 5.63 Å². The average Bonchev–Trinajstić information content (AvgIpc) is 2.10. The van der Waals surface area contributed by atoms with Crippen molar-refractivity contribution in [1.82, 2.24) is 4.98 Å². The molecule has 1 heterocycles. The number of oxazole rings is 1. The van der Waals surface area contributed by atoms with Crippen LogP contribution in [-0.4, -0.2) is 4.98 Å². The third-order valence-electron chi connectivity index (χ3n) is 0.999. The van der Waals surface area contributed by atoms with Gasteiger partial charge in [-0.05, 0) is 13.5 Å². The van der Waals surface area contributed by atoms with Crippen molar-refractivity contribution >= 4 is 12.7 Å². The Bertz CT molecular complexity index is 344. The van der Waals surface area contributed by atoms with E-state index >= 15 is 0 Å². The van der Waals surface area contributed by atoms with Crippen LogP contribution in [0.4, 0.5) is 0 Å². The highest BCUT2D eigenvalue weighted by atomic mass is 16.4. The van der Waals surface area contributed by atoms with Crippen LogP contribution in [0.15, 0.2) is 9.21 Å². The molecule has 0 saturated heterocycles. The van der Waals surface area contributed by atoms with Crippen molar-refractivity contribution in [3.05, 3.63) is 21.3 Å². The average molecular weight is 125 g/mol. The van der Waals surface area contributed by atoms with Crippen LogP contribution in [0.25, 0.3) is 12.7 Å². The van der Waals surface area contributed by atoms with Gasteiger partial charge in [-0.1, -0.05) is 6.08 Å². The van der Waals surface area contributed by atoms with Crippen LogP contribution in [0.5, 0.6) is 0 Å². The van der Waals surface area contributed by atoms with Gasteiger partial charge in [0.1, 0.15) is 5.35 Å². The van der Waals surface area contributed by atoms with Crippen molar-refractivity contribution in [2.24, 2.45) is 0 Å². The summed E-state index contributed by atoms with van der Waals surface area (Å²) < 4.78 is 4.55. The fourth-order valence-electron chi connectivity index (χ4n) is 0.584. The molecule has 0 fully saturated rings. The zero-order valence-electron chi connectivity index (χ0n) is 5.10. The Balaban J connectivity index is 3.72. The van der Waals surface area contributed by atoms with Gasteiger partial charge in [0, 0.05) is 0 Å². The normalized spacial score (nSPS) is 12.3. The molecule has 0 radical (unpaired) electrons. The summed E-state index contributed by atoms with van der Waals surface area (Å²) in [4.78, 5) is 13.3. The Morgan fingerprint density at radius 1 is 1.78 bits per heavy atom. The summed E-state index contributed by atoms with van der Waals surface area (Å²) in [6.45, 7) is 5.16. The zero-order valence-corrected chi connectivity index (χ0v) is 5.10. The molecule has 0 atom stereocenters. The number of aromatic amines is 1. The number of rotatable bonds is 0. The Labute approximate surface area is 51.3 Å². The Hall–Kier alpha value is -1.25. The third-order valence-corrected chi connectivity index (χ3v) is 0.999. The topological polar surface area (TPSA) is 46.0 Å². The van der Waals surface area contributed by atoms with E-state index in [4.69, 9.17) is 0 Å². The van der Waals surface area contributed by atoms with E-state index in [1.54, 1.807) is 13.0 Å². The SMILES string of the molecule is C=c1[nH]c(=CC)c(=O)o1. The van der Waals surface area contributed by atoms with E-state index in [2.05, 4.69) is 16.0 Å². The summed E-state index contributed by atoms with van der Waals surface area (Å²) in [5, 5.41) is 0.458. The summed E-state index contributed by atoms with van der Waals surface area (Å²) in [5.74, 6) is 0. The first kappa shape index (κ1) is 5.88. The highest BCUT2D eigenvalue weighted by molar-refractivity contribution is 5.11. The van der Waals surface area contributed by atoms with Gasteiger partial charge in [0.25, 0.3) is 0 Å². The van der Waals surface area contributed by atoms with Crippen LogP contribution in [-0.2, 0) is 0 Å². The quantitative estimate of drug-likeness (QED) is 0.492. The lowest BCUT2D eigenvalue weighted by molar-refractivity contribution is 0.488. The van der Waals surface area contributed by atoms with Gasteiger partial charge in [-0.15, -0.1) is 0 Å². The predicted octanol–water partition coefficient (Wildman–Crippen LogP) is -0.821. The maximum absolute atomic E-state index is 10.6. The second-order valence-electron chi connectivity index (χ2n) is 1.64. The lowest BCUT2D eigenvalue weighted by atomic mass is 10.6. The molecule has 48 valence electrons. The fourth-order valence-corrected chi connectivity index (χ4v) is 0.584. The first-order chi connectivity index (χ1) is 4.24. The number of aromatic nitrogens is 1. The minimum atomic E-state index is -0.359. The number of H-pyrrole nitrogens is 1. The molecular formula is C6H7NO2. The lowest BCUT2D eigenvalue weighted by Gasteiger charge is -1.62. The minimum Gasteiger partial charge on any atom is -0.406 e. The Morgan fingerprint density at radius 3 is 2.67 bits per heavy atom. The van der Waals surface area contributed by atoms with E-state index in [1.165, 1.54) is 0 Å². The van der Waals surface area contributed by atoms with Gasteiger partial charge in [0.15, 0.2) is 5.55 Å². The molecule has 0 aliphatic rings. The van der Waals surface area contributed by atoms with Gasteiger partial charge in [-0.2, -0.15) is 0 Å². The summed E-state index contributed by atoms with van der Waals surface area (Å²) in [5.41, 5.74) is -0.0596. The molecule has 0 bridgehead atoms. The van der Waals surface area contributed by atoms with E-state index in [0.29, 0.717) is 10.9 Å². The molecule has 0 spiro atoms.